The largest absolute Gasteiger partial charge is 0.347 e. The van der Waals surface area contributed by atoms with Crippen LogP contribution in [0.3, 0.4) is 0 Å². The highest BCUT2D eigenvalue weighted by atomic mass is 35.5. The molecular weight excluding hydrogens is 252 g/mol. The lowest BCUT2D eigenvalue weighted by Crippen LogP contribution is -2.14. The maximum Gasteiger partial charge on any atom is 0.226 e. The molecule has 0 saturated carbocycles. The van der Waals surface area contributed by atoms with Crippen LogP contribution in [-0.2, 0) is 0 Å². The van der Waals surface area contributed by atoms with E-state index in [1.54, 1.807) is 11.1 Å². The number of rotatable bonds is 2. The summed E-state index contributed by atoms with van der Waals surface area (Å²) in [5.74, 6) is 0.570. The molecule has 0 aromatic carbocycles. The average molecular weight is 263 g/mol. The van der Waals surface area contributed by atoms with Gasteiger partial charge in [-0.15, -0.1) is 11.8 Å². The van der Waals surface area contributed by atoms with Crippen LogP contribution in [0.15, 0.2) is 6.20 Å². The van der Waals surface area contributed by atoms with E-state index in [9.17, 15) is 0 Å². The Labute approximate surface area is 103 Å². The summed E-state index contributed by atoms with van der Waals surface area (Å²) in [5.41, 5.74) is 0.626. The lowest BCUT2D eigenvalue weighted by molar-refractivity contribution is 1.00. The molecule has 7 heteroatoms. The second-order valence-corrected chi connectivity index (χ2v) is 4.73. The van der Waals surface area contributed by atoms with E-state index in [4.69, 9.17) is 23.8 Å². The Morgan fingerprint density at radius 1 is 1.60 bits per heavy atom. The zero-order valence-corrected chi connectivity index (χ0v) is 11.0. The van der Waals surface area contributed by atoms with Crippen LogP contribution < -0.4 is 10.2 Å². The number of hydrogen-bond acceptors (Lipinski definition) is 5. The van der Waals surface area contributed by atoms with Crippen LogP contribution in [0.2, 0.25) is 5.15 Å². The molecule has 0 radical (unpaired) electrons. The van der Waals surface area contributed by atoms with Gasteiger partial charge in [-0.1, -0.05) is 23.8 Å². The quantitative estimate of drug-likeness (QED) is 0.651. The number of anilines is 2. The lowest BCUT2D eigenvalue weighted by Gasteiger charge is -2.12. The van der Waals surface area contributed by atoms with Crippen molar-refractivity contribution >= 4 is 51.5 Å². The third kappa shape index (κ3) is 3.48. The maximum absolute atomic E-state index is 5.97. The van der Waals surface area contributed by atoms with Gasteiger partial charge in [-0.2, -0.15) is 4.98 Å². The fraction of sp³-hybridized carbons (Fsp3) is 0.375. The van der Waals surface area contributed by atoms with Gasteiger partial charge >= 0.3 is 0 Å². The first-order valence-electron chi connectivity index (χ1n) is 4.09. The number of halogens is 1. The Morgan fingerprint density at radius 2 is 2.27 bits per heavy atom. The van der Waals surface area contributed by atoms with E-state index in [-0.39, 0.29) is 0 Å². The molecule has 0 aliphatic carbocycles. The van der Waals surface area contributed by atoms with Gasteiger partial charge in [0.15, 0.2) is 5.15 Å². The number of thioether (sulfide) groups is 1. The molecule has 1 aromatic heterocycles. The average Bonchev–Trinajstić information content (AvgIpc) is 2.20. The molecule has 1 rings (SSSR count). The summed E-state index contributed by atoms with van der Waals surface area (Å²) >= 11 is 12.4. The van der Waals surface area contributed by atoms with E-state index in [1.165, 1.54) is 11.8 Å². The third-order valence-corrected chi connectivity index (χ3v) is 2.91. The fourth-order valence-electron chi connectivity index (χ4n) is 0.813. The fourth-order valence-corrected chi connectivity index (χ4v) is 1.31. The number of nitrogens with zero attached hydrogens (tertiary/aromatic N) is 3. The SMILES string of the molecule is CSC(=S)Nc1cnc(N(C)C)nc1Cl. The van der Waals surface area contributed by atoms with Gasteiger partial charge in [0, 0.05) is 14.1 Å². The normalized spacial score (nSPS) is 9.87. The molecule has 0 bridgehead atoms. The first kappa shape index (κ1) is 12.5. The van der Waals surface area contributed by atoms with E-state index in [0.29, 0.717) is 21.1 Å². The third-order valence-electron chi connectivity index (χ3n) is 1.55. The molecular formula is C8H11ClN4S2. The lowest BCUT2D eigenvalue weighted by atomic mass is 10.5. The van der Waals surface area contributed by atoms with E-state index < -0.39 is 0 Å². The minimum Gasteiger partial charge on any atom is -0.347 e. The molecule has 82 valence electrons. The van der Waals surface area contributed by atoms with Crippen molar-refractivity contribution in [3.05, 3.63) is 11.3 Å². The van der Waals surface area contributed by atoms with Gasteiger partial charge in [-0.05, 0) is 6.26 Å². The minimum atomic E-state index is 0.366. The Balaban J connectivity index is 2.88. The molecule has 0 aliphatic heterocycles. The van der Waals surface area contributed by atoms with Crippen molar-refractivity contribution in [3.63, 3.8) is 0 Å². The van der Waals surface area contributed by atoms with Crippen molar-refractivity contribution in [1.29, 1.82) is 0 Å². The molecule has 4 nitrogen and oxygen atoms in total. The first-order chi connectivity index (χ1) is 7.04. The molecule has 1 aromatic rings. The predicted octanol–water partition coefficient (Wildman–Crippen LogP) is 2.26. The van der Waals surface area contributed by atoms with Crippen LogP contribution in [0, 0.1) is 0 Å². The van der Waals surface area contributed by atoms with Crippen molar-refractivity contribution < 1.29 is 0 Å². The predicted molar refractivity (Wildman–Crippen MR) is 71.1 cm³/mol. The number of nitrogens with one attached hydrogen (secondary N) is 1. The van der Waals surface area contributed by atoms with E-state index in [1.807, 2.05) is 20.4 Å². The standard InChI is InChI=1S/C8H11ClN4S2/c1-13(2)7-10-4-5(6(9)12-7)11-8(14)15-3/h4H,1-3H3,(H,11,14). The summed E-state index contributed by atoms with van der Waals surface area (Å²) in [7, 11) is 3.70. The zero-order valence-electron chi connectivity index (χ0n) is 8.61. The second kappa shape index (κ2) is 5.48. The molecule has 15 heavy (non-hydrogen) atoms. The second-order valence-electron chi connectivity index (χ2n) is 2.89. The van der Waals surface area contributed by atoms with Gasteiger partial charge in [0.1, 0.15) is 4.32 Å². The monoisotopic (exact) mass is 262 g/mol. The molecule has 0 saturated heterocycles. The van der Waals surface area contributed by atoms with Crippen LogP contribution in [0.5, 0.6) is 0 Å². The number of aromatic nitrogens is 2. The molecule has 0 unspecified atom stereocenters. The van der Waals surface area contributed by atoms with Gasteiger partial charge in [0.05, 0.1) is 11.9 Å². The first-order valence-corrected chi connectivity index (χ1v) is 6.10. The summed E-state index contributed by atoms with van der Waals surface area (Å²) in [4.78, 5) is 10.0. The van der Waals surface area contributed by atoms with Crippen LogP contribution >= 0.6 is 35.6 Å². The van der Waals surface area contributed by atoms with Gasteiger partial charge in [-0.25, -0.2) is 4.98 Å². The highest BCUT2D eigenvalue weighted by Crippen LogP contribution is 2.21. The Morgan fingerprint density at radius 3 is 2.73 bits per heavy atom. The summed E-state index contributed by atoms with van der Waals surface area (Å²) in [6.07, 6.45) is 3.51. The smallest absolute Gasteiger partial charge is 0.226 e. The molecule has 1 N–H and O–H groups in total. The van der Waals surface area contributed by atoms with Crippen LogP contribution in [0.4, 0.5) is 11.6 Å². The van der Waals surface area contributed by atoms with Crippen LogP contribution in [-0.4, -0.2) is 34.6 Å². The summed E-state index contributed by atoms with van der Waals surface area (Å²) in [6, 6.07) is 0. The van der Waals surface area contributed by atoms with Crippen molar-refractivity contribution in [2.24, 2.45) is 0 Å². The highest BCUT2D eigenvalue weighted by molar-refractivity contribution is 8.22. The van der Waals surface area contributed by atoms with E-state index in [0.717, 1.165) is 0 Å². The Hall–Kier alpha value is -0.590. The Kier molecular flexibility index (Phi) is 4.56. The van der Waals surface area contributed by atoms with Crippen molar-refractivity contribution in [2.75, 3.05) is 30.6 Å². The van der Waals surface area contributed by atoms with Crippen LogP contribution in [0.1, 0.15) is 0 Å². The van der Waals surface area contributed by atoms with Gasteiger partial charge in [0.25, 0.3) is 0 Å². The van der Waals surface area contributed by atoms with Crippen molar-refractivity contribution in [2.45, 2.75) is 0 Å². The minimum absolute atomic E-state index is 0.366. The zero-order chi connectivity index (χ0) is 11.4. The topological polar surface area (TPSA) is 41.1 Å². The summed E-state index contributed by atoms with van der Waals surface area (Å²) in [5, 5.41) is 3.31. The van der Waals surface area contributed by atoms with E-state index >= 15 is 0 Å². The van der Waals surface area contributed by atoms with Gasteiger partial charge in [0.2, 0.25) is 5.95 Å². The molecule has 0 spiro atoms. The Bertz CT molecular complexity index is 370. The molecule has 1 heterocycles. The van der Waals surface area contributed by atoms with Crippen molar-refractivity contribution in [1.82, 2.24) is 9.97 Å². The number of thiocarbonyl (C=S) groups is 1. The summed E-state index contributed by atoms with van der Waals surface area (Å²) < 4.78 is 0.637. The number of hydrogen-bond donors (Lipinski definition) is 1. The molecule has 0 aliphatic rings. The molecule has 0 amide bonds. The highest BCUT2D eigenvalue weighted by Gasteiger charge is 2.07. The van der Waals surface area contributed by atoms with E-state index in [2.05, 4.69) is 15.3 Å². The van der Waals surface area contributed by atoms with Gasteiger partial charge in [-0.3, -0.25) is 0 Å². The maximum atomic E-state index is 5.97. The van der Waals surface area contributed by atoms with Gasteiger partial charge < -0.3 is 10.2 Å². The van der Waals surface area contributed by atoms with Crippen molar-refractivity contribution in [3.8, 4) is 0 Å². The van der Waals surface area contributed by atoms with Crippen LogP contribution in [0.25, 0.3) is 0 Å². The molecule has 0 atom stereocenters. The summed E-state index contributed by atoms with van der Waals surface area (Å²) in [6.45, 7) is 0. The molecule has 0 fully saturated rings.